The van der Waals surface area contributed by atoms with Crippen LogP contribution < -0.4 is 11.3 Å². The zero-order chi connectivity index (χ0) is 10.4. The summed E-state index contributed by atoms with van der Waals surface area (Å²) in [6, 6.07) is 5.31. The molecule has 3 rings (SSSR count). The second-order valence-corrected chi connectivity index (χ2v) is 3.18. The number of pyridine rings is 1. The molecule has 15 heavy (non-hydrogen) atoms. The summed E-state index contributed by atoms with van der Waals surface area (Å²) in [5, 5.41) is 6.73. The van der Waals surface area contributed by atoms with E-state index in [1.165, 1.54) is 4.40 Å². The summed E-state index contributed by atoms with van der Waals surface area (Å²) in [4.78, 5) is 16.2. The van der Waals surface area contributed by atoms with E-state index in [-0.39, 0.29) is 11.4 Å². The van der Waals surface area contributed by atoms with E-state index in [4.69, 9.17) is 5.73 Å². The fraction of sp³-hybridized carbons (Fsp3) is 0. The number of nitrogens with one attached hydrogen (secondary N) is 1. The fourth-order valence-electron chi connectivity index (χ4n) is 1.56. The number of fused-ring (bicyclic) bond motifs is 2. The fourth-order valence-corrected chi connectivity index (χ4v) is 1.56. The molecule has 3 N–H and O–H groups in total. The molecule has 0 aliphatic carbocycles. The summed E-state index contributed by atoms with van der Waals surface area (Å²) in [6.45, 7) is 0. The van der Waals surface area contributed by atoms with Crippen LogP contribution in [0.25, 0.3) is 16.7 Å². The summed E-state index contributed by atoms with van der Waals surface area (Å²) >= 11 is 0. The van der Waals surface area contributed by atoms with Crippen molar-refractivity contribution in [3.05, 3.63) is 34.7 Å². The molecule has 74 valence electrons. The van der Waals surface area contributed by atoms with E-state index in [1.54, 1.807) is 18.3 Å². The van der Waals surface area contributed by atoms with Gasteiger partial charge >= 0.3 is 0 Å². The number of anilines is 1. The number of nitrogens with zero attached hydrogens (tertiary/aromatic N) is 3. The van der Waals surface area contributed by atoms with Crippen molar-refractivity contribution in [3.63, 3.8) is 0 Å². The highest BCUT2D eigenvalue weighted by atomic mass is 16.1. The zero-order valence-electron chi connectivity index (χ0n) is 7.64. The van der Waals surface area contributed by atoms with Gasteiger partial charge in [0.05, 0.1) is 0 Å². The molecule has 0 aliphatic rings. The lowest BCUT2D eigenvalue weighted by Gasteiger charge is -1.98. The number of aromatic amines is 1. The second kappa shape index (κ2) is 2.57. The molecule has 0 amide bonds. The third-order valence-corrected chi connectivity index (χ3v) is 2.27. The molecule has 3 heterocycles. The number of rotatable bonds is 0. The van der Waals surface area contributed by atoms with Crippen molar-refractivity contribution in [1.82, 2.24) is 19.6 Å². The Bertz CT molecular complexity index is 711. The van der Waals surface area contributed by atoms with Crippen molar-refractivity contribution in [3.8, 4) is 0 Å². The van der Waals surface area contributed by atoms with Gasteiger partial charge in [0.25, 0.3) is 5.56 Å². The highest BCUT2D eigenvalue weighted by Crippen LogP contribution is 2.11. The van der Waals surface area contributed by atoms with E-state index in [0.29, 0.717) is 16.7 Å². The Kier molecular flexibility index (Phi) is 1.37. The third-order valence-electron chi connectivity index (χ3n) is 2.27. The Morgan fingerprint density at radius 3 is 3.13 bits per heavy atom. The second-order valence-electron chi connectivity index (χ2n) is 3.18. The molecule has 3 aromatic heterocycles. The van der Waals surface area contributed by atoms with Gasteiger partial charge in [-0.2, -0.15) is 5.10 Å². The Morgan fingerprint density at radius 2 is 2.27 bits per heavy atom. The summed E-state index contributed by atoms with van der Waals surface area (Å²) < 4.78 is 1.44. The van der Waals surface area contributed by atoms with Crippen LogP contribution in [0.2, 0.25) is 0 Å². The number of hydrogen-bond acceptors (Lipinski definition) is 4. The van der Waals surface area contributed by atoms with Crippen LogP contribution in [-0.4, -0.2) is 19.6 Å². The number of nitrogens with two attached hydrogens (primary N) is 1. The summed E-state index contributed by atoms with van der Waals surface area (Å²) in [6.07, 6.45) is 1.65. The molecular weight excluding hydrogens is 194 g/mol. The largest absolute Gasteiger partial charge is 0.383 e. The minimum atomic E-state index is -0.207. The third kappa shape index (κ3) is 0.954. The van der Waals surface area contributed by atoms with Crippen molar-refractivity contribution in [2.45, 2.75) is 0 Å². The van der Waals surface area contributed by atoms with Gasteiger partial charge in [-0.1, -0.05) is 6.07 Å². The van der Waals surface area contributed by atoms with Crippen molar-refractivity contribution >= 4 is 22.5 Å². The maximum Gasteiger partial charge on any atom is 0.271 e. The molecule has 3 aromatic rings. The van der Waals surface area contributed by atoms with Crippen molar-refractivity contribution in [1.29, 1.82) is 0 Å². The number of hydrogen-bond donors (Lipinski definition) is 2. The molecule has 0 aromatic carbocycles. The smallest absolute Gasteiger partial charge is 0.271 e. The maximum atomic E-state index is 12.0. The zero-order valence-corrected chi connectivity index (χ0v) is 7.64. The van der Waals surface area contributed by atoms with Crippen LogP contribution in [0, 0.1) is 0 Å². The Labute approximate surface area is 83.4 Å². The summed E-state index contributed by atoms with van der Waals surface area (Å²) in [7, 11) is 0. The summed E-state index contributed by atoms with van der Waals surface area (Å²) in [5.41, 5.74) is 6.30. The van der Waals surface area contributed by atoms with Crippen molar-refractivity contribution in [2.24, 2.45) is 0 Å². The van der Waals surface area contributed by atoms with Crippen molar-refractivity contribution in [2.75, 3.05) is 5.73 Å². The first-order valence-electron chi connectivity index (χ1n) is 4.38. The van der Waals surface area contributed by atoms with Gasteiger partial charge in [0.15, 0.2) is 5.65 Å². The predicted octanol–water partition coefficient (Wildman–Crippen LogP) is 0.153. The monoisotopic (exact) mass is 201 g/mol. The molecule has 0 saturated carbocycles. The van der Waals surface area contributed by atoms with Gasteiger partial charge in [-0.15, -0.1) is 0 Å². The van der Waals surface area contributed by atoms with E-state index in [0.717, 1.165) is 0 Å². The highest BCUT2D eigenvalue weighted by Gasteiger charge is 2.10. The van der Waals surface area contributed by atoms with Crippen LogP contribution in [0.15, 0.2) is 29.2 Å². The van der Waals surface area contributed by atoms with Gasteiger partial charge < -0.3 is 5.73 Å². The molecule has 0 unspecified atom stereocenters. The maximum absolute atomic E-state index is 12.0. The molecule has 0 aliphatic heterocycles. The first-order chi connectivity index (χ1) is 7.27. The lowest BCUT2D eigenvalue weighted by atomic mass is 10.3. The van der Waals surface area contributed by atoms with E-state index < -0.39 is 0 Å². The van der Waals surface area contributed by atoms with E-state index in [2.05, 4.69) is 15.2 Å². The number of aromatic nitrogens is 4. The van der Waals surface area contributed by atoms with Crippen LogP contribution in [0.1, 0.15) is 0 Å². The minimum Gasteiger partial charge on any atom is -0.383 e. The Balaban J connectivity index is 2.69. The normalized spacial score (nSPS) is 11.2. The van der Waals surface area contributed by atoms with Crippen LogP contribution in [0.3, 0.4) is 0 Å². The van der Waals surface area contributed by atoms with Gasteiger partial charge in [-0.25, -0.2) is 4.98 Å². The molecule has 0 saturated heterocycles. The van der Waals surface area contributed by atoms with Gasteiger partial charge in [0, 0.05) is 6.20 Å². The highest BCUT2D eigenvalue weighted by molar-refractivity contribution is 5.85. The van der Waals surface area contributed by atoms with E-state index in [1.807, 2.05) is 6.07 Å². The van der Waals surface area contributed by atoms with Crippen LogP contribution in [0.4, 0.5) is 5.82 Å². The first kappa shape index (κ1) is 7.98. The first-order valence-corrected chi connectivity index (χ1v) is 4.38. The van der Waals surface area contributed by atoms with Crippen LogP contribution >= 0.6 is 0 Å². The van der Waals surface area contributed by atoms with E-state index >= 15 is 0 Å². The average Bonchev–Trinajstić information content (AvgIpc) is 2.61. The molecule has 0 atom stereocenters. The number of nitrogen functional groups attached to an aromatic ring is 1. The summed E-state index contributed by atoms with van der Waals surface area (Å²) in [5.74, 6) is 0.251. The van der Waals surface area contributed by atoms with Crippen molar-refractivity contribution < 1.29 is 0 Å². The number of H-pyrrole nitrogens is 1. The SMILES string of the molecule is Nc1[nH]nc2nc3ccccn3c(=O)c12. The van der Waals surface area contributed by atoms with Gasteiger partial charge in [0.1, 0.15) is 16.9 Å². The molecule has 6 nitrogen and oxygen atoms in total. The lowest BCUT2D eigenvalue weighted by molar-refractivity contribution is 1.06. The molecular formula is C9H7N5O. The van der Waals surface area contributed by atoms with Crippen LogP contribution in [0.5, 0.6) is 0 Å². The van der Waals surface area contributed by atoms with Gasteiger partial charge in [-0.05, 0) is 12.1 Å². The Morgan fingerprint density at radius 1 is 1.40 bits per heavy atom. The predicted molar refractivity (Wildman–Crippen MR) is 55.5 cm³/mol. The average molecular weight is 201 g/mol. The van der Waals surface area contributed by atoms with Crippen LogP contribution in [-0.2, 0) is 0 Å². The molecule has 6 heteroatoms. The van der Waals surface area contributed by atoms with E-state index in [9.17, 15) is 4.79 Å². The van der Waals surface area contributed by atoms with Gasteiger partial charge in [-0.3, -0.25) is 14.3 Å². The standard InChI is InChI=1S/C9H7N5O/c10-7-6-8(13-12-7)11-5-3-1-2-4-14(5)9(6)15/h1-4H,(H3,10,12,13). The lowest BCUT2D eigenvalue weighted by Crippen LogP contribution is -2.14. The molecule has 0 fully saturated rings. The quantitative estimate of drug-likeness (QED) is 0.542. The molecule has 0 bridgehead atoms. The molecule has 0 spiro atoms. The van der Waals surface area contributed by atoms with Gasteiger partial charge in [0.2, 0.25) is 0 Å². The molecule has 0 radical (unpaired) electrons. The minimum absolute atomic E-state index is 0.207. The Hall–Kier alpha value is -2.37. The topological polar surface area (TPSA) is 89.1 Å².